The van der Waals surface area contributed by atoms with Crippen LogP contribution in [0.2, 0.25) is 0 Å². The van der Waals surface area contributed by atoms with Crippen molar-refractivity contribution >= 4 is 17.5 Å². The molecule has 0 spiro atoms. The van der Waals surface area contributed by atoms with Gasteiger partial charge in [0.15, 0.2) is 0 Å². The van der Waals surface area contributed by atoms with Crippen LogP contribution in [0.4, 0.5) is 0 Å². The summed E-state index contributed by atoms with van der Waals surface area (Å²) in [5.74, 6) is 1.44. The van der Waals surface area contributed by atoms with Gasteiger partial charge in [-0.2, -0.15) is 0 Å². The van der Waals surface area contributed by atoms with E-state index in [9.17, 15) is 4.79 Å². The Bertz CT molecular complexity index is 277. The molecule has 0 radical (unpaired) electrons. The van der Waals surface area contributed by atoms with Gasteiger partial charge in [-0.3, -0.25) is 4.79 Å². The molecule has 1 saturated carbocycles. The third kappa shape index (κ3) is 2.09. The van der Waals surface area contributed by atoms with Gasteiger partial charge in [-0.25, -0.2) is 0 Å². The van der Waals surface area contributed by atoms with E-state index in [1.807, 2.05) is 13.8 Å². The number of alkyl halides is 1. The molecule has 1 amide bonds. The summed E-state index contributed by atoms with van der Waals surface area (Å²) in [5, 5.41) is 0. The highest BCUT2D eigenvalue weighted by Crippen LogP contribution is 2.38. The number of hydrogen-bond donors (Lipinski definition) is 0. The minimum absolute atomic E-state index is 0.261. The maximum atomic E-state index is 12.4. The van der Waals surface area contributed by atoms with Crippen molar-refractivity contribution in [2.24, 2.45) is 11.3 Å². The molecule has 2 atom stereocenters. The van der Waals surface area contributed by atoms with E-state index in [0.717, 1.165) is 12.5 Å². The lowest BCUT2D eigenvalue weighted by Gasteiger charge is -2.35. The summed E-state index contributed by atoms with van der Waals surface area (Å²) < 4.78 is 0. The zero-order valence-corrected chi connectivity index (χ0v) is 11.1. The highest BCUT2D eigenvalue weighted by molar-refractivity contribution is 6.19. The maximum Gasteiger partial charge on any atom is 0.229 e. The minimum Gasteiger partial charge on any atom is -0.339 e. The highest BCUT2D eigenvalue weighted by atomic mass is 35.5. The van der Waals surface area contributed by atoms with Crippen molar-refractivity contribution in [3.8, 4) is 0 Å². The van der Waals surface area contributed by atoms with Crippen LogP contribution in [0.1, 0.15) is 46.0 Å². The van der Waals surface area contributed by atoms with Crippen LogP contribution >= 0.6 is 11.6 Å². The normalized spacial score (nSPS) is 30.3. The third-order valence-electron chi connectivity index (χ3n) is 4.18. The SMILES string of the molecule is CC(C)(CCl)C(=O)N1CCC2CCCCC21. The van der Waals surface area contributed by atoms with Crippen molar-refractivity contribution in [2.45, 2.75) is 52.0 Å². The largest absolute Gasteiger partial charge is 0.339 e. The van der Waals surface area contributed by atoms with Gasteiger partial charge in [-0.15, -0.1) is 11.6 Å². The molecule has 2 rings (SSSR count). The molecule has 2 nitrogen and oxygen atoms in total. The Balaban J connectivity index is 2.07. The van der Waals surface area contributed by atoms with Crippen LogP contribution in [0.3, 0.4) is 0 Å². The molecule has 1 aliphatic heterocycles. The number of carbonyl (C=O) groups is 1. The van der Waals surface area contributed by atoms with E-state index >= 15 is 0 Å². The van der Waals surface area contributed by atoms with Crippen LogP contribution in [-0.2, 0) is 4.79 Å². The summed E-state index contributed by atoms with van der Waals surface area (Å²) in [7, 11) is 0. The lowest BCUT2D eigenvalue weighted by Crippen LogP contribution is -2.46. The van der Waals surface area contributed by atoms with E-state index in [1.54, 1.807) is 0 Å². The number of likely N-dealkylation sites (tertiary alicyclic amines) is 1. The monoisotopic (exact) mass is 243 g/mol. The minimum atomic E-state index is -0.395. The Morgan fingerprint density at radius 2 is 2.00 bits per heavy atom. The van der Waals surface area contributed by atoms with Gasteiger partial charge < -0.3 is 4.90 Å². The van der Waals surface area contributed by atoms with E-state index in [2.05, 4.69) is 4.90 Å². The fourth-order valence-electron chi connectivity index (χ4n) is 3.10. The van der Waals surface area contributed by atoms with Crippen molar-refractivity contribution in [1.29, 1.82) is 0 Å². The molecular formula is C13H22ClNO. The molecule has 2 fully saturated rings. The molecule has 92 valence electrons. The average molecular weight is 244 g/mol. The van der Waals surface area contributed by atoms with Crippen molar-refractivity contribution < 1.29 is 4.79 Å². The van der Waals surface area contributed by atoms with Gasteiger partial charge in [-0.1, -0.05) is 12.8 Å². The topological polar surface area (TPSA) is 20.3 Å². The number of halogens is 1. The fraction of sp³-hybridized carbons (Fsp3) is 0.923. The Hall–Kier alpha value is -0.240. The van der Waals surface area contributed by atoms with Gasteiger partial charge in [0.25, 0.3) is 0 Å². The van der Waals surface area contributed by atoms with E-state index in [4.69, 9.17) is 11.6 Å². The smallest absolute Gasteiger partial charge is 0.229 e. The summed E-state index contributed by atoms with van der Waals surface area (Å²) in [6.45, 7) is 4.87. The Morgan fingerprint density at radius 3 is 2.69 bits per heavy atom. The molecule has 2 aliphatic rings. The quantitative estimate of drug-likeness (QED) is 0.683. The number of fused-ring (bicyclic) bond motifs is 1. The number of carbonyl (C=O) groups excluding carboxylic acids is 1. The molecular weight excluding hydrogens is 222 g/mol. The van der Waals surface area contributed by atoms with Crippen LogP contribution in [0.25, 0.3) is 0 Å². The van der Waals surface area contributed by atoms with Crippen LogP contribution in [-0.4, -0.2) is 29.3 Å². The summed E-state index contributed by atoms with van der Waals surface area (Å²) in [6.07, 6.45) is 6.35. The molecule has 1 aliphatic carbocycles. The van der Waals surface area contributed by atoms with Crippen molar-refractivity contribution in [3.05, 3.63) is 0 Å². The summed E-state index contributed by atoms with van der Waals surface area (Å²) >= 11 is 5.89. The average Bonchev–Trinajstić information content (AvgIpc) is 2.71. The number of nitrogens with zero attached hydrogens (tertiary/aromatic N) is 1. The van der Waals surface area contributed by atoms with Gasteiger partial charge in [0.2, 0.25) is 5.91 Å². The lowest BCUT2D eigenvalue weighted by molar-refractivity contribution is -0.140. The first-order valence-electron chi connectivity index (χ1n) is 6.43. The third-order valence-corrected chi connectivity index (χ3v) is 4.85. The lowest BCUT2D eigenvalue weighted by atomic mass is 9.84. The second-order valence-electron chi connectivity index (χ2n) is 5.92. The Labute approximate surface area is 103 Å². The van der Waals surface area contributed by atoms with Gasteiger partial charge in [-0.05, 0) is 39.0 Å². The van der Waals surface area contributed by atoms with Crippen molar-refractivity contribution in [1.82, 2.24) is 4.90 Å². The predicted molar refractivity (Wildman–Crippen MR) is 66.6 cm³/mol. The first kappa shape index (κ1) is 12.2. The van der Waals surface area contributed by atoms with E-state index in [0.29, 0.717) is 11.9 Å². The highest BCUT2D eigenvalue weighted by Gasteiger charge is 2.42. The summed E-state index contributed by atoms with van der Waals surface area (Å²) in [4.78, 5) is 14.5. The molecule has 0 aromatic carbocycles. The second-order valence-corrected chi connectivity index (χ2v) is 6.18. The van der Waals surface area contributed by atoms with E-state index in [1.165, 1.54) is 32.1 Å². The molecule has 2 unspecified atom stereocenters. The molecule has 1 saturated heterocycles. The maximum absolute atomic E-state index is 12.4. The van der Waals surface area contributed by atoms with Gasteiger partial charge in [0.05, 0.1) is 5.41 Å². The van der Waals surface area contributed by atoms with Crippen molar-refractivity contribution in [2.75, 3.05) is 12.4 Å². The summed E-state index contributed by atoms with van der Waals surface area (Å²) in [5.41, 5.74) is -0.395. The molecule has 16 heavy (non-hydrogen) atoms. The van der Waals surface area contributed by atoms with Crippen LogP contribution in [0, 0.1) is 11.3 Å². The first-order chi connectivity index (χ1) is 7.56. The van der Waals surface area contributed by atoms with Gasteiger partial charge >= 0.3 is 0 Å². The van der Waals surface area contributed by atoms with Crippen LogP contribution < -0.4 is 0 Å². The molecule has 1 heterocycles. The van der Waals surface area contributed by atoms with Crippen LogP contribution in [0.5, 0.6) is 0 Å². The molecule has 0 aromatic rings. The van der Waals surface area contributed by atoms with Gasteiger partial charge in [0.1, 0.15) is 0 Å². The second kappa shape index (κ2) is 4.56. The van der Waals surface area contributed by atoms with Gasteiger partial charge in [0, 0.05) is 18.5 Å². The number of hydrogen-bond acceptors (Lipinski definition) is 1. The van der Waals surface area contributed by atoms with E-state index in [-0.39, 0.29) is 5.91 Å². The van der Waals surface area contributed by atoms with Crippen LogP contribution in [0.15, 0.2) is 0 Å². The zero-order chi connectivity index (χ0) is 11.8. The zero-order valence-electron chi connectivity index (χ0n) is 10.3. The molecule has 3 heteroatoms. The van der Waals surface area contributed by atoms with E-state index < -0.39 is 5.41 Å². The number of amides is 1. The number of rotatable bonds is 2. The predicted octanol–water partition coefficient (Wildman–Crippen LogP) is 3.04. The molecule has 0 N–H and O–H groups in total. The van der Waals surface area contributed by atoms with Crippen molar-refractivity contribution in [3.63, 3.8) is 0 Å². The Morgan fingerprint density at radius 1 is 1.31 bits per heavy atom. The Kier molecular flexibility index (Phi) is 3.48. The molecule has 0 aromatic heterocycles. The first-order valence-corrected chi connectivity index (χ1v) is 6.97. The summed E-state index contributed by atoms with van der Waals surface area (Å²) in [6, 6.07) is 0.517. The molecule has 0 bridgehead atoms. The fourth-order valence-corrected chi connectivity index (χ4v) is 3.22. The standard InChI is InChI=1S/C13H22ClNO/c1-13(2,9-14)12(16)15-8-7-10-5-3-4-6-11(10)15/h10-11H,3-9H2,1-2H3.